The van der Waals surface area contributed by atoms with E-state index in [-0.39, 0.29) is 6.61 Å². The molecule has 1 aliphatic rings. The predicted octanol–water partition coefficient (Wildman–Crippen LogP) is 2.72. The average Bonchev–Trinajstić information content (AvgIpc) is 2.66. The van der Waals surface area contributed by atoms with E-state index < -0.39 is 17.9 Å². The third-order valence-corrected chi connectivity index (χ3v) is 4.63. The van der Waals surface area contributed by atoms with Crippen molar-refractivity contribution < 1.29 is 24.2 Å². The third kappa shape index (κ3) is 3.29. The van der Waals surface area contributed by atoms with Gasteiger partial charge < -0.3 is 19.5 Å². The minimum absolute atomic E-state index is 0.256. The van der Waals surface area contributed by atoms with Gasteiger partial charge in [0.25, 0.3) is 0 Å². The number of nitrogens with zero attached hydrogens (tertiary/aromatic N) is 2. The first kappa shape index (κ1) is 18.0. The number of piperidine rings is 1. The number of esters is 1. The van der Waals surface area contributed by atoms with Crippen molar-refractivity contribution in [3.63, 3.8) is 0 Å². The summed E-state index contributed by atoms with van der Waals surface area (Å²) in [4.78, 5) is 30.3. The zero-order valence-electron chi connectivity index (χ0n) is 14.9. The monoisotopic (exact) mass is 358 g/mol. The highest BCUT2D eigenvalue weighted by Crippen LogP contribution is 2.36. The Hall–Kier alpha value is -2.83. The van der Waals surface area contributed by atoms with E-state index >= 15 is 0 Å². The van der Waals surface area contributed by atoms with Crippen molar-refractivity contribution in [2.45, 2.75) is 19.8 Å². The highest BCUT2D eigenvalue weighted by atomic mass is 16.5. The van der Waals surface area contributed by atoms with Crippen LogP contribution in [0.2, 0.25) is 0 Å². The second-order valence-electron chi connectivity index (χ2n) is 6.22. The number of pyridine rings is 1. The number of aliphatic carboxylic acids is 1. The van der Waals surface area contributed by atoms with Crippen molar-refractivity contribution in [2.75, 3.05) is 31.7 Å². The molecule has 1 aliphatic heterocycles. The molecule has 138 valence electrons. The second-order valence-corrected chi connectivity index (χ2v) is 6.22. The number of hydrogen-bond acceptors (Lipinski definition) is 6. The number of fused-ring (bicyclic) bond motifs is 1. The number of methoxy groups -OCH3 is 1. The van der Waals surface area contributed by atoms with Gasteiger partial charge in [0.05, 0.1) is 25.3 Å². The van der Waals surface area contributed by atoms with Gasteiger partial charge in [-0.25, -0.2) is 4.79 Å². The van der Waals surface area contributed by atoms with Gasteiger partial charge in [-0.1, -0.05) is 12.1 Å². The van der Waals surface area contributed by atoms with Gasteiger partial charge in [0.2, 0.25) is 0 Å². The van der Waals surface area contributed by atoms with Gasteiger partial charge in [-0.3, -0.25) is 9.78 Å². The fraction of sp³-hybridized carbons (Fsp3) is 0.421. The fourth-order valence-corrected chi connectivity index (χ4v) is 3.43. The normalized spacial score (nSPS) is 17.2. The van der Waals surface area contributed by atoms with Crippen LogP contribution in [0.3, 0.4) is 0 Å². The minimum atomic E-state index is -0.816. The molecule has 2 aromatic rings. The Bertz CT molecular complexity index is 836. The molecule has 0 saturated carbocycles. The van der Waals surface area contributed by atoms with Crippen molar-refractivity contribution in [1.29, 1.82) is 0 Å². The molecule has 0 amide bonds. The van der Waals surface area contributed by atoms with E-state index in [1.54, 1.807) is 20.1 Å². The Labute approximate surface area is 151 Å². The number of anilines is 1. The molecule has 7 nitrogen and oxygen atoms in total. The summed E-state index contributed by atoms with van der Waals surface area (Å²) in [7, 11) is 1.57. The third-order valence-electron chi connectivity index (χ3n) is 4.63. The Balaban J connectivity index is 2.17. The number of benzene rings is 1. The van der Waals surface area contributed by atoms with E-state index in [0.29, 0.717) is 42.0 Å². The topological polar surface area (TPSA) is 89.0 Å². The number of carboxylic acid groups (broad SMARTS) is 1. The number of hydrogen-bond donors (Lipinski definition) is 1. The summed E-state index contributed by atoms with van der Waals surface area (Å²) < 4.78 is 10.6. The molecular formula is C19H22N2O5. The lowest BCUT2D eigenvalue weighted by Crippen LogP contribution is -2.39. The van der Waals surface area contributed by atoms with Crippen molar-refractivity contribution >= 4 is 28.5 Å². The van der Waals surface area contributed by atoms with Crippen molar-refractivity contribution in [3.05, 3.63) is 30.0 Å². The number of aromatic nitrogens is 1. The summed E-state index contributed by atoms with van der Waals surface area (Å²) in [6.45, 7) is 3.02. The number of carbonyl (C=O) groups excluding carboxylic acids is 1. The van der Waals surface area contributed by atoms with E-state index in [1.807, 2.05) is 17.0 Å². The first-order chi connectivity index (χ1) is 12.6. The van der Waals surface area contributed by atoms with Crippen LogP contribution in [0.4, 0.5) is 5.69 Å². The summed E-state index contributed by atoms with van der Waals surface area (Å²) in [5.74, 6) is -1.14. The lowest BCUT2D eigenvalue weighted by atomic mass is 9.96. The first-order valence-corrected chi connectivity index (χ1v) is 8.67. The molecule has 0 aliphatic carbocycles. The number of ether oxygens (including phenoxy) is 2. The molecule has 0 bridgehead atoms. The Morgan fingerprint density at radius 2 is 2.19 bits per heavy atom. The van der Waals surface area contributed by atoms with E-state index in [9.17, 15) is 14.7 Å². The maximum atomic E-state index is 12.5. The number of carbonyl (C=O) groups is 2. The fourth-order valence-electron chi connectivity index (χ4n) is 3.43. The van der Waals surface area contributed by atoms with Gasteiger partial charge in [-0.2, -0.15) is 0 Å². The number of para-hydroxylation sites is 1. The zero-order valence-corrected chi connectivity index (χ0v) is 14.9. The van der Waals surface area contributed by atoms with Crippen molar-refractivity contribution in [2.24, 2.45) is 5.92 Å². The largest absolute Gasteiger partial charge is 0.494 e. The first-order valence-electron chi connectivity index (χ1n) is 8.67. The highest BCUT2D eigenvalue weighted by molar-refractivity contribution is 6.06. The number of rotatable bonds is 5. The molecule has 1 atom stereocenters. The molecule has 1 N–H and O–H groups in total. The van der Waals surface area contributed by atoms with Crippen LogP contribution in [0.25, 0.3) is 10.9 Å². The van der Waals surface area contributed by atoms with Crippen LogP contribution in [-0.4, -0.2) is 48.8 Å². The van der Waals surface area contributed by atoms with Gasteiger partial charge in [0.1, 0.15) is 16.8 Å². The van der Waals surface area contributed by atoms with E-state index in [4.69, 9.17) is 9.47 Å². The van der Waals surface area contributed by atoms with Crippen LogP contribution >= 0.6 is 0 Å². The summed E-state index contributed by atoms with van der Waals surface area (Å²) in [6, 6.07) is 5.51. The predicted molar refractivity (Wildman–Crippen MR) is 96.8 cm³/mol. The molecule has 7 heteroatoms. The lowest BCUT2D eigenvalue weighted by Gasteiger charge is -2.34. The standard InChI is InChI=1S/C19H22N2O5/c1-3-26-19(24)14-10-20-16-13(7-4-8-15(16)25-2)17(14)21-9-5-6-12(11-21)18(22)23/h4,7-8,10,12H,3,5-6,9,11H2,1-2H3,(H,22,23). The van der Waals surface area contributed by atoms with Crippen molar-refractivity contribution in [3.8, 4) is 5.75 Å². The minimum Gasteiger partial charge on any atom is -0.494 e. The summed E-state index contributed by atoms with van der Waals surface area (Å²) in [5.41, 5.74) is 1.65. The van der Waals surface area contributed by atoms with Gasteiger partial charge in [0.15, 0.2) is 0 Å². The molecule has 0 spiro atoms. The van der Waals surface area contributed by atoms with E-state index in [2.05, 4.69) is 4.98 Å². The van der Waals surface area contributed by atoms with Gasteiger partial charge in [0, 0.05) is 24.7 Å². The van der Waals surface area contributed by atoms with Crippen LogP contribution in [-0.2, 0) is 9.53 Å². The van der Waals surface area contributed by atoms with Crippen LogP contribution in [0, 0.1) is 5.92 Å². The highest BCUT2D eigenvalue weighted by Gasteiger charge is 2.30. The Kier molecular flexibility index (Phi) is 5.25. The quantitative estimate of drug-likeness (QED) is 0.822. The van der Waals surface area contributed by atoms with Crippen molar-refractivity contribution in [1.82, 2.24) is 4.98 Å². The Morgan fingerprint density at radius 3 is 2.88 bits per heavy atom. The van der Waals surface area contributed by atoms with E-state index in [1.165, 1.54) is 6.20 Å². The molecular weight excluding hydrogens is 336 g/mol. The van der Waals surface area contributed by atoms with Crippen LogP contribution in [0.1, 0.15) is 30.1 Å². The van der Waals surface area contributed by atoms with Gasteiger partial charge in [-0.15, -0.1) is 0 Å². The average molecular weight is 358 g/mol. The molecule has 3 rings (SSSR count). The summed E-state index contributed by atoms with van der Waals surface area (Å²) in [6.07, 6.45) is 2.86. The van der Waals surface area contributed by atoms with Crippen LogP contribution in [0.5, 0.6) is 5.75 Å². The summed E-state index contributed by atoms with van der Waals surface area (Å²) in [5, 5.41) is 10.2. The lowest BCUT2D eigenvalue weighted by molar-refractivity contribution is -0.141. The number of carboxylic acids is 1. The molecule has 0 radical (unpaired) electrons. The zero-order chi connectivity index (χ0) is 18.7. The second kappa shape index (κ2) is 7.59. The van der Waals surface area contributed by atoms with Gasteiger partial charge >= 0.3 is 11.9 Å². The molecule has 1 unspecified atom stereocenters. The SMILES string of the molecule is CCOC(=O)c1cnc2c(OC)cccc2c1N1CCCC(C(=O)O)C1. The van der Waals surface area contributed by atoms with Gasteiger partial charge in [-0.05, 0) is 25.8 Å². The van der Waals surface area contributed by atoms with Crippen LogP contribution < -0.4 is 9.64 Å². The van der Waals surface area contributed by atoms with E-state index in [0.717, 1.165) is 11.8 Å². The maximum Gasteiger partial charge on any atom is 0.341 e. The summed E-state index contributed by atoms with van der Waals surface area (Å²) >= 11 is 0. The molecule has 1 aromatic carbocycles. The maximum absolute atomic E-state index is 12.5. The molecule has 26 heavy (non-hydrogen) atoms. The molecule has 1 fully saturated rings. The molecule has 2 heterocycles. The smallest absolute Gasteiger partial charge is 0.341 e. The van der Waals surface area contributed by atoms with Crippen LogP contribution in [0.15, 0.2) is 24.4 Å². The molecule has 1 aromatic heterocycles. The Morgan fingerprint density at radius 1 is 1.38 bits per heavy atom. The molecule has 1 saturated heterocycles.